The van der Waals surface area contributed by atoms with Crippen molar-refractivity contribution in [3.8, 4) is 17.0 Å². The first-order valence-electron chi connectivity index (χ1n) is 7.02. The number of nitrogens with zero attached hydrogens (tertiary/aromatic N) is 2. The van der Waals surface area contributed by atoms with Crippen LogP contribution in [0.2, 0.25) is 5.02 Å². The second-order valence-electron chi connectivity index (χ2n) is 5.05. The summed E-state index contributed by atoms with van der Waals surface area (Å²) in [4.78, 5) is 18.7. The number of benzene rings is 1. The second kappa shape index (κ2) is 8.19. The average molecular weight is 366 g/mol. The van der Waals surface area contributed by atoms with Crippen molar-refractivity contribution in [2.24, 2.45) is 0 Å². The van der Waals surface area contributed by atoms with Crippen molar-refractivity contribution in [2.75, 3.05) is 5.32 Å². The first kappa shape index (κ1) is 19.7. The van der Waals surface area contributed by atoms with Gasteiger partial charge >= 0.3 is 18.9 Å². The van der Waals surface area contributed by atoms with Crippen LogP contribution in [-0.2, 0) is 0 Å². The molecule has 3 aromatic rings. The van der Waals surface area contributed by atoms with Gasteiger partial charge in [-0.25, -0.2) is 9.37 Å². The number of pyridine rings is 2. The summed E-state index contributed by atoms with van der Waals surface area (Å²) in [5, 5.41) is 24.2. The molecule has 0 aliphatic carbocycles. The molecule has 126 valence electrons. The Labute approximate surface area is 164 Å². The van der Waals surface area contributed by atoms with Crippen LogP contribution < -0.4 is 29.3 Å². The van der Waals surface area contributed by atoms with E-state index >= 15 is 0 Å². The van der Waals surface area contributed by atoms with E-state index in [0.29, 0.717) is 10.7 Å². The molecule has 2 N–H and O–H groups in total. The van der Waals surface area contributed by atoms with Crippen molar-refractivity contribution in [2.45, 2.75) is 0 Å². The fraction of sp³-hybridized carbons (Fsp3) is 0. The molecule has 0 saturated carbocycles. The van der Waals surface area contributed by atoms with Crippen LogP contribution >= 0.6 is 11.6 Å². The van der Waals surface area contributed by atoms with Crippen molar-refractivity contribution in [1.29, 1.82) is 0 Å². The molecule has 0 saturated heterocycles. The van der Waals surface area contributed by atoms with Crippen LogP contribution in [0.25, 0.3) is 11.1 Å². The molecule has 0 spiro atoms. The molecule has 0 aliphatic heterocycles. The molecule has 1 aromatic carbocycles. The van der Waals surface area contributed by atoms with Gasteiger partial charge in [0.15, 0.2) is 0 Å². The number of carboxylic acids is 1. The number of carboxylic acid groups (broad SMARTS) is 1. The Morgan fingerprint density at radius 3 is 2.69 bits per heavy atom. The maximum absolute atomic E-state index is 14.1. The van der Waals surface area contributed by atoms with Gasteiger partial charge in [-0.3, -0.25) is 4.98 Å². The number of hydrogen-bond donors (Lipinski definition) is 2. The number of aromatic carboxylic acids is 1. The summed E-state index contributed by atoms with van der Waals surface area (Å²) >= 11 is 5.88. The van der Waals surface area contributed by atoms with Gasteiger partial charge in [0.1, 0.15) is 5.82 Å². The van der Waals surface area contributed by atoms with Crippen molar-refractivity contribution >= 4 is 28.9 Å². The minimum absolute atomic E-state index is 0. The third-order valence-electron chi connectivity index (χ3n) is 3.41. The molecule has 9 heteroatoms. The van der Waals surface area contributed by atoms with Crippen LogP contribution in [0.5, 0.6) is 5.88 Å². The Hall–Kier alpha value is -2.59. The molecule has 2 aromatic heterocycles. The van der Waals surface area contributed by atoms with Crippen LogP contribution in [0.3, 0.4) is 0 Å². The van der Waals surface area contributed by atoms with E-state index in [1.54, 1.807) is 0 Å². The van der Waals surface area contributed by atoms with Crippen molar-refractivity contribution in [1.82, 2.24) is 9.97 Å². The predicted octanol–water partition coefficient (Wildman–Crippen LogP) is -0.247. The zero-order chi connectivity index (χ0) is 18.0. The summed E-state index contributed by atoms with van der Waals surface area (Å²) in [6.45, 7) is 0. The average Bonchev–Trinajstić information content (AvgIpc) is 2.59. The molecule has 0 amide bonds. The Balaban J connectivity index is 0.00000243. The number of rotatable bonds is 4. The third-order valence-corrected chi connectivity index (χ3v) is 3.64. The smallest absolute Gasteiger partial charge is 0.545 e. The van der Waals surface area contributed by atoms with E-state index in [0.717, 1.165) is 6.20 Å². The normalized spacial score (nSPS) is 10.1. The quantitative estimate of drug-likeness (QED) is 0.619. The summed E-state index contributed by atoms with van der Waals surface area (Å²) in [6.07, 6.45) is 3.82. The third kappa shape index (κ3) is 4.14. The standard InChI is InChI=1S/C17H11ClFN3O3.Li/c18-9-1-2-14(19)11(5-9)12-6-10(7-21-16(12)23)22-15-3-4-20-8-13(15)17(24)25;/h1-8H,(H,20,22)(H,21,23)(H,24,25);/q;+1/p-1. The van der Waals surface area contributed by atoms with Gasteiger partial charge in [-0.15, -0.1) is 0 Å². The van der Waals surface area contributed by atoms with Crippen molar-refractivity contribution < 1.29 is 38.3 Å². The van der Waals surface area contributed by atoms with Gasteiger partial charge in [0.2, 0.25) is 5.88 Å². The molecule has 0 atom stereocenters. The monoisotopic (exact) mass is 365 g/mol. The molecular weight excluding hydrogens is 356 g/mol. The van der Waals surface area contributed by atoms with Crippen LogP contribution in [0.4, 0.5) is 15.8 Å². The van der Waals surface area contributed by atoms with Gasteiger partial charge in [0, 0.05) is 34.1 Å². The maximum atomic E-state index is 14.1. The molecular formula is C17H10ClFLiN3O3. The van der Waals surface area contributed by atoms with Gasteiger partial charge in [0.05, 0.1) is 23.5 Å². The molecule has 0 bridgehead atoms. The summed E-state index contributed by atoms with van der Waals surface area (Å²) in [7, 11) is 0. The van der Waals surface area contributed by atoms with Crippen LogP contribution in [0.1, 0.15) is 10.4 Å². The minimum Gasteiger partial charge on any atom is -0.545 e. The predicted molar refractivity (Wildman–Crippen MR) is 88.2 cm³/mol. The summed E-state index contributed by atoms with van der Waals surface area (Å²) in [5.41, 5.74) is 0.581. The number of anilines is 2. The van der Waals surface area contributed by atoms with Gasteiger partial charge < -0.3 is 20.3 Å². The Bertz CT molecular complexity index is 972. The SMILES string of the molecule is O=C([O-])c1cnccc1Nc1cnc(O)c(-c2cc(Cl)ccc2F)c1.[Li+]. The van der Waals surface area contributed by atoms with Crippen molar-refractivity contribution in [3.05, 3.63) is 65.3 Å². The molecule has 6 nitrogen and oxygen atoms in total. The number of aromatic nitrogens is 2. The second-order valence-corrected chi connectivity index (χ2v) is 5.49. The molecule has 0 fully saturated rings. The fourth-order valence-corrected chi connectivity index (χ4v) is 2.42. The van der Waals surface area contributed by atoms with Gasteiger partial charge in [-0.2, -0.15) is 0 Å². The van der Waals surface area contributed by atoms with E-state index in [1.807, 2.05) is 0 Å². The molecule has 0 unspecified atom stereocenters. The van der Waals surface area contributed by atoms with Crippen LogP contribution in [0.15, 0.2) is 48.9 Å². The van der Waals surface area contributed by atoms with E-state index in [1.165, 1.54) is 42.7 Å². The number of carbonyl (C=O) groups is 1. The van der Waals surface area contributed by atoms with E-state index < -0.39 is 11.8 Å². The number of halogens is 2. The first-order valence-corrected chi connectivity index (χ1v) is 7.40. The van der Waals surface area contributed by atoms with Crippen molar-refractivity contribution in [3.63, 3.8) is 0 Å². The molecule has 3 rings (SSSR count). The number of hydrogen-bond acceptors (Lipinski definition) is 6. The Morgan fingerprint density at radius 1 is 1.19 bits per heavy atom. The topological polar surface area (TPSA) is 98.2 Å². The Morgan fingerprint density at radius 2 is 1.96 bits per heavy atom. The van der Waals surface area contributed by atoms with E-state index in [4.69, 9.17) is 11.6 Å². The van der Waals surface area contributed by atoms with Gasteiger partial charge in [-0.1, -0.05) is 11.6 Å². The number of nitrogens with one attached hydrogen (secondary N) is 1. The van der Waals surface area contributed by atoms with Crippen LogP contribution in [-0.4, -0.2) is 21.0 Å². The van der Waals surface area contributed by atoms with Crippen LogP contribution in [0, 0.1) is 5.82 Å². The molecule has 0 aliphatic rings. The van der Waals surface area contributed by atoms with Gasteiger partial charge in [-0.05, 0) is 30.3 Å². The fourth-order valence-electron chi connectivity index (χ4n) is 2.25. The summed E-state index contributed by atoms with van der Waals surface area (Å²) < 4.78 is 14.1. The van der Waals surface area contributed by atoms with E-state index in [2.05, 4.69) is 15.3 Å². The molecule has 2 heterocycles. The maximum Gasteiger partial charge on any atom is 1.00 e. The summed E-state index contributed by atoms with van der Waals surface area (Å²) in [6, 6.07) is 6.79. The zero-order valence-electron chi connectivity index (χ0n) is 13.5. The minimum atomic E-state index is -1.40. The summed E-state index contributed by atoms with van der Waals surface area (Å²) in [5.74, 6) is -2.37. The van der Waals surface area contributed by atoms with Gasteiger partial charge in [0.25, 0.3) is 0 Å². The molecule has 0 radical (unpaired) electrons. The van der Waals surface area contributed by atoms with E-state index in [9.17, 15) is 19.4 Å². The Kier molecular flexibility index (Phi) is 6.22. The van der Waals surface area contributed by atoms with E-state index in [-0.39, 0.29) is 47.1 Å². The first-order chi connectivity index (χ1) is 12.0. The largest absolute Gasteiger partial charge is 1.00 e. The molecule has 26 heavy (non-hydrogen) atoms. The number of carbonyl (C=O) groups excluding carboxylic acids is 1. The zero-order valence-corrected chi connectivity index (χ0v) is 14.3. The number of aromatic hydroxyl groups is 1.